The van der Waals surface area contributed by atoms with Gasteiger partial charge in [0.25, 0.3) is 0 Å². The van der Waals surface area contributed by atoms with Gasteiger partial charge in [-0.1, -0.05) is 43.3 Å². The molecule has 56 heavy (non-hydrogen) atoms. The SMILES string of the molecule is C.NCc1ncccn1.Nc1cc(Cl)c2ccc(-c3ccnn3C3CCCCO3)cc2n1.Nc1cc(NCc2ncccn2)c2ccc(-c3ccn[nH]3)cc2n1. The monoisotopic (exact) mass is 770 g/mol. The Morgan fingerprint density at radius 1 is 0.768 bits per heavy atom. The summed E-state index contributed by atoms with van der Waals surface area (Å²) in [5.74, 6) is 2.28. The Morgan fingerprint density at radius 2 is 1.45 bits per heavy atom. The summed E-state index contributed by atoms with van der Waals surface area (Å²) in [6, 6.07) is 23.0. The molecule has 8 aromatic rings. The van der Waals surface area contributed by atoms with Crippen LogP contribution in [0.1, 0.15) is 44.6 Å². The molecule has 15 nitrogen and oxygen atoms in total. The van der Waals surface area contributed by atoms with Gasteiger partial charge < -0.3 is 27.3 Å². The minimum atomic E-state index is 0. The molecule has 2 aromatic carbocycles. The molecule has 0 aliphatic carbocycles. The average Bonchev–Trinajstić information content (AvgIpc) is 3.95. The summed E-state index contributed by atoms with van der Waals surface area (Å²) in [7, 11) is 0. The molecule has 0 bridgehead atoms. The number of anilines is 3. The van der Waals surface area contributed by atoms with Crippen LogP contribution in [0.25, 0.3) is 44.3 Å². The molecule has 0 spiro atoms. The van der Waals surface area contributed by atoms with Crippen LogP contribution in [0.3, 0.4) is 0 Å². The Hall–Kier alpha value is -6.55. The van der Waals surface area contributed by atoms with Crippen molar-refractivity contribution in [2.45, 2.75) is 46.0 Å². The zero-order valence-corrected chi connectivity index (χ0v) is 30.5. The first-order valence-corrected chi connectivity index (χ1v) is 18.0. The highest BCUT2D eigenvalue weighted by Crippen LogP contribution is 2.32. The molecule has 8 N–H and O–H groups in total. The van der Waals surface area contributed by atoms with E-state index in [2.05, 4.69) is 50.5 Å². The van der Waals surface area contributed by atoms with E-state index in [1.807, 2.05) is 59.3 Å². The highest BCUT2D eigenvalue weighted by Gasteiger charge is 2.20. The fourth-order valence-electron chi connectivity index (χ4n) is 6.06. The number of aromatic nitrogens is 10. The standard InChI is InChI=1S/C17H17ClN4O.C17H15N7.C5H7N3.CH4/c18-13-10-16(19)21-14-9-11(4-5-12(13)14)15-6-7-20-22(15)17-3-1-2-8-23-17;18-16-9-14(21-10-17-19-5-1-6-20-17)12-3-2-11(8-15(12)23-16)13-4-7-22-24-13;6-4-5-7-2-1-3-8-5;/h4-7,9-10,17H,1-3,8H2,(H2,19,21);1-9H,10H2,(H,22,24)(H3,18,21,23);1-3H,4,6H2;1H4. The zero-order chi connectivity index (χ0) is 38.0. The first-order chi connectivity index (χ1) is 26.9. The molecule has 1 unspecified atom stereocenters. The van der Waals surface area contributed by atoms with Crippen molar-refractivity contribution in [3.05, 3.63) is 127 Å². The van der Waals surface area contributed by atoms with Crippen molar-refractivity contribution in [1.82, 2.24) is 49.9 Å². The van der Waals surface area contributed by atoms with Crippen molar-refractivity contribution < 1.29 is 4.74 Å². The molecule has 1 saturated heterocycles. The maximum absolute atomic E-state index is 6.24. The van der Waals surface area contributed by atoms with E-state index in [1.54, 1.807) is 55.4 Å². The highest BCUT2D eigenvalue weighted by molar-refractivity contribution is 6.35. The number of rotatable bonds is 7. The number of pyridine rings is 2. The Balaban J connectivity index is 0.000000157. The first kappa shape index (κ1) is 39.2. The summed E-state index contributed by atoms with van der Waals surface area (Å²) >= 11 is 6.24. The van der Waals surface area contributed by atoms with Gasteiger partial charge in [-0.15, -0.1) is 0 Å². The van der Waals surface area contributed by atoms with E-state index in [0.29, 0.717) is 35.6 Å². The molecule has 0 saturated carbocycles. The number of nitrogens with two attached hydrogens (primary N) is 3. The number of nitrogen functional groups attached to an aromatic ring is 2. The second-order valence-corrected chi connectivity index (χ2v) is 12.8. The van der Waals surface area contributed by atoms with Crippen molar-refractivity contribution in [1.29, 1.82) is 0 Å². The fourth-order valence-corrected chi connectivity index (χ4v) is 6.34. The minimum Gasteiger partial charge on any atom is -0.384 e. The molecule has 0 radical (unpaired) electrons. The van der Waals surface area contributed by atoms with Crippen molar-refractivity contribution in [2.24, 2.45) is 5.73 Å². The minimum absolute atomic E-state index is 0. The zero-order valence-electron chi connectivity index (χ0n) is 29.8. The molecule has 1 atom stereocenters. The van der Waals surface area contributed by atoms with E-state index in [4.69, 9.17) is 33.5 Å². The van der Waals surface area contributed by atoms with Crippen molar-refractivity contribution in [3.8, 4) is 22.5 Å². The number of nitrogens with one attached hydrogen (secondary N) is 2. The molecule has 1 aliphatic heterocycles. The normalized spacial score (nSPS) is 13.5. The van der Waals surface area contributed by atoms with E-state index in [0.717, 1.165) is 81.7 Å². The topological polar surface area (TPSA) is 223 Å². The largest absolute Gasteiger partial charge is 0.384 e. The predicted molar refractivity (Wildman–Crippen MR) is 221 cm³/mol. The van der Waals surface area contributed by atoms with Crippen LogP contribution in [0.2, 0.25) is 5.02 Å². The molecule has 1 aliphatic rings. The maximum atomic E-state index is 6.24. The van der Waals surface area contributed by atoms with E-state index in [1.165, 1.54) is 0 Å². The summed E-state index contributed by atoms with van der Waals surface area (Å²) in [6.07, 6.45) is 13.6. The average molecular weight is 771 g/mol. The smallest absolute Gasteiger partial charge is 0.150 e. The summed E-state index contributed by atoms with van der Waals surface area (Å²) in [4.78, 5) is 25.0. The molecule has 7 heterocycles. The summed E-state index contributed by atoms with van der Waals surface area (Å²) in [5, 5.41) is 17.2. The third-order valence-electron chi connectivity index (χ3n) is 8.67. The van der Waals surface area contributed by atoms with Gasteiger partial charge in [-0.25, -0.2) is 34.6 Å². The molecular weight excluding hydrogens is 728 g/mol. The number of ether oxygens (including phenoxy) is 1. The van der Waals surface area contributed by atoms with Gasteiger partial charge in [-0.2, -0.15) is 10.2 Å². The Morgan fingerprint density at radius 3 is 2.12 bits per heavy atom. The summed E-state index contributed by atoms with van der Waals surface area (Å²) < 4.78 is 7.81. The number of fused-ring (bicyclic) bond motifs is 2. The molecule has 286 valence electrons. The number of halogens is 1. The lowest BCUT2D eigenvalue weighted by Gasteiger charge is -2.24. The van der Waals surface area contributed by atoms with Gasteiger partial charge in [0.1, 0.15) is 23.3 Å². The van der Waals surface area contributed by atoms with Crippen molar-refractivity contribution in [3.63, 3.8) is 0 Å². The second-order valence-electron chi connectivity index (χ2n) is 12.4. The van der Waals surface area contributed by atoms with Crippen LogP contribution in [0.15, 0.2) is 110 Å². The first-order valence-electron chi connectivity index (χ1n) is 17.6. The van der Waals surface area contributed by atoms with Gasteiger partial charge in [-0.3, -0.25) is 5.10 Å². The molecule has 16 heteroatoms. The van der Waals surface area contributed by atoms with Crippen LogP contribution < -0.4 is 22.5 Å². The van der Waals surface area contributed by atoms with Gasteiger partial charge in [-0.05, 0) is 61.7 Å². The van der Waals surface area contributed by atoms with Crippen LogP contribution in [-0.4, -0.2) is 56.5 Å². The van der Waals surface area contributed by atoms with Gasteiger partial charge in [0.15, 0.2) is 6.23 Å². The number of H-pyrrole nitrogens is 1. The van der Waals surface area contributed by atoms with E-state index < -0.39 is 0 Å². The van der Waals surface area contributed by atoms with Crippen LogP contribution in [0, 0.1) is 0 Å². The number of nitrogens with zero attached hydrogens (tertiary/aromatic N) is 9. The van der Waals surface area contributed by atoms with Crippen LogP contribution in [0.4, 0.5) is 17.3 Å². The lowest BCUT2D eigenvalue weighted by Crippen LogP contribution is -2.19. The number of hydrogen-bond donors (Lipinski definition) is 5. The highest BCUT2D eigenvalue weighted by atomic mass is 35.5. The van der Waals surface area contributed by atoms with Gasteiger partial charge in [0.2, 0.25) is 0 Å². The Bertz CT molecular complexity index is 2460. The second kappa shape index (κ2) is 18.7. The van der Waals surface area contributed by atoms with E-state index in [-0.39, 0.29) is 13.7 Å². The predicted octanol–water partition coefficient (Wildman–Crippen LogP) is 7.21. The lowest BCUT2D eigenvalue weighted by atomic mass is 10.1. The third-order valence-corrected chi connectivity index (χ3v) is 8.99. The number of benzene rings is 2. The van der Waals surface area contributed by atoms with Gasteiger partial charge in [0.05, 0.1) is 40.5 Å². The van der Waals surface area contributed by atoms with Crippen molar-refractivity contribution in [2.75, 3.05) is 23.4 Å². The van der Waals surface area contributed by atoms with Crippen LogP contribution >= 0.6 is 11.6 Å². The van der Waals surface area contributed by atoms with Gasteiger partial charge >= 0.3 is 0 Å². The van der Waals surface area contributed by atoms with Gasteiger partial charge in [0, 0.05) is 77.4 Å². The molecule has 0 amide bonds. The molecule has 9 rings (SSSR count). The summed E-state index contributed by atoms with van der Waals surface area (Å²) in [5.41, 5.74) is 23.5. The van der Waals surface area contributed by atoms with Crippen LogP contribution in [-0.2, 0) is 17.8 Å². The molecular formula is C40H43ClN14O. The van der Waals surface area contributed by atoms with E-state index >= 15 is 0 Å². The quantitative estimate of drug-likeness (QED) is 0.108. The number of hydrogen-bond acceptors (Lipinski definition) is 13. The lowest BCUT2D eigenvalue weighted by molar-refractivity contribution is -0.0383. The molecule has 6 aromatic heterocycles. The van der Waals surface area contributed by atoms with Crippen LogP contribution in [0.5, 0.6) is 0 Å². The van der Waals surface area contributed by atoms with E-state index in [9.17, 15) is 0 Å². The summed E-state index contributed by atoms with van der Waals surface area (Å²) in [6.45, 7) is 1.72. The maximum Gasteiger partial charge on any atom is 0.150 e. The molecule has 1 fully saturated rings. The third kappa shape index (κ3) is 9.57. The fraction of sp³-hybridized carbons (Fsp3) is 0.200. The Kier molecular flexibility index (Phi) is 13.0. The van der Waals surface area contributed by atoms with Crippen molar-refractivity contribution >= 4 is 50.7 Å². The number of aromatic amines is 1. The Labute approximate surface area is 328 Å².